The molecule has 3 heterocycles. The number of ether oxygens (including phenoxy) is 1. The molecule has 0 saturated carbocycles. The van der Waals surface area contributed by atoms with E-state index in [1.165, 1.54) is 17.7 Å². The van der Waals surface area contributed by atoms with Crippen molar-refractivity contribution in [3.63, 3.8) is 0 Å². The maximum Gasteiger partial charge on any atom is 0.136 e. The molecule has 0 spiro atoms. The SMILES string of the molecule is COc1ccc(F)cc1-c1cccnc1N1CCN(C(C)c2cn[nH]c2C)CC1.Cl. The maximum absolute atomic E-state index is 13.9. The number of hydrogen-bond donors (Lipinski definition) is 1. The highest BCUT2D eigenvalue weighted by Crippen LogP contribution is 2.36. The van der Waals surface area contributed by atoms with Crippen molar-refractivity contribution in [1.29, 1.82) is 0 Å². The number of methoxy groups -OCH3 is 1. The van der Waals surface area contributed by atoms with Gasteiger partial charge in [0.25, 0.3) is 0 Å². The Morgan fingerprint density at radius 2 is 1.90 bits per heavy atom. The standard InChI is InChI=1S/C22H26FN5O.ClH/c1-15-20(14-25-26-15)16(2)27-9-11-28(12-10-27)22-18(5-4-8-24-22)19-13-17(23)6-7-21(19)29-3;/h4-8,13-14,16H,9-12H2,1-3H3,(H,25,26);1H. The lowest BCUT2D eigenvalue weighted by atomic mass is 10.0. The highest BCUT2D eigenvalue weighted by atomic mass is 35.5. The molecule has 8 heteroatoms. The van der Waals surface area contributed by atoms with E-state index in [1.807, 2.05) is 18.3 Å². The summed E-state index contributed by atoms with van der Waals surface area (Å²) in [6.45, 7) is 7.81. The monoisotopic (exact) mass is 431 g/mol. The van der Waals surface area contributed by atoms with Crippen LogP contribution in [0.15, 0.2) is 42.7 Å². The largest absolute Gasteiger partial charge is 0.496 e. The number of anilines is 1. The first-order valence-electron chi connectivity index (χ1n) is 9.86. The summed E-state index contributed by atoms with van der Waals surface area (Å²) in [5, 5.41) is 7.18. The van der Waals surface area contributed by atoms with Gasteiger partial charge in [0.05, 0.1) is 13.3 Å². The fourth-order valence-corrected chi connectivity index (χ4v) is 4.05. The summed E-state index contributed by atoms with van der Waals surface area (Å²) in [7, 11) is 1.60. The van der Waals surface area contributed by atoms with E-state index in [2.05, 4.69) is 38.8 Å². The van der Waals surface area contributed by atoms with Gasteiger partial charge in [0.15, 0.2) is 0 Å². The van der Waals surface area contributed by atoms with Crippen molar-refractivity contribution in [2.24, 2.45) is 0 Å². The Kier molecular flexibility index (Phi) is 6.95. The first kappa shape index (κ1) is 22.1. The summed E-state index contributed by atoms with van der Waals surface area (Å²) in [6.07, 6.45) is 3.70. The van der Waals surface area contributed by atoms with E-state index >= 15 is 0 Å². The normalized spacial score (nSPS) is 15.5. The van der Waals surface area contributed by atoms with E-state index in [0.29, 0.717) is 11.8 Å². The van der Waals surface area contributed by atoms with Crippen molar-refractivity contribution < 1.29 is 9.13 Å². The molecule has 1 atom stereocenters. The van der Waals surface area contributed by atoms with Crippen LogP contribution in [0.3, 0.4) is 0 Å². The minimum Gasteiger partial charge on any atom is -0.496 e. The third kappa shape index (κ3) is 4.27. The van der Waals surface area contributed by atoms with E-state index < -0.39 is 0 Å². The van der Waals surface area contributed by atoms with Gasteiger partial charge in [-0.3, -0.25) is 10.00 Å². The van der Waals surface area contributed by atoms with Crippen LogP contribution in [-0.2, 0) is 0 Å². The molecule has 3 aromatic rings. The summed E-state index contributed by atoms with van der Waals surface area (Å²) in [5.41, 5.74) is 3.96. The molecule has 1 saturated heterocycles. The summed E-state index contributed by atoms with van der Waals surface area (Å²) in [6, 6.07) is 8.75. The van der Waals surface area contributed by atoms with Crippen LogP contribution in [0.25, 0.3) is 11.1 Å². The number of hydrogen-bond acceptors (Lipinski definition) is 5. The average molecular weight is 432 g/mol. The zero-order valence-electron chi connectivity index (χ0n) is 17.4. The Hall–Kier alpha value is -2.64. The topological polar surface area (TPSA) is 57.3 Å². The van der Waals surface area contributed by atoms with E-state index in [-0.39, 0.29) is 18.2 Å². The number of nitrogens with one attached hydrogen (secondary N) is 1. The van der Waals surface area contributed by atoms with Crippen molar-refractivity contribution in [1.82, 2.24) is 20.1 Å². The molecule has 1 aliphatic rings. The Balaban J connectivity index is 0.00000256. The van der Waals surface area contributed by atoms with Gasteiger partial charge in [-0.2, -0.15) is 5.10 Å². The number of piperazine rings is 1. The van der Waals surface area contributed by atoms with Crippen LogP contribution in [0.4, 0.5) is 10.2 Å². The number of nitrogens with zero attached hydrogens (tertiary/aromatic N) is 4. The minimum absolute atomic E-state index is 0. The Morgan fingerprint density at radius 1 is 1.13 bits per heavy atom. The van der Waals surface area contributed by atoms with Crippen LogP contribution in [-0.4, -0.2) is 53.4 Å². The third-order valence-corrected chi connectivity index (χ3v) is 5.72. The van der Waals surface area contributed by atoms with Crippen molar-refractivity contribution >= 4 is 18.2 Å². The summed E-state index contributed by atoms with van der Waals surface area (Å²) in [5.74, 6) is 1.22. The average Bonchev–Trinajstić information content (AvgIpc) is 3.19. The van der Waals surface area contributed by atoms with Gasteiger partial charge in [-0.05, 0) is 44.2 Å². The van der Waals surface area contributed by atoms with Gasteiger partial charge >= 0.3 is 0 Å². The van der Waals surface area contributed by atoms with Crippen LogP contribution in [0, 0.1) is 12.7 Å². The Bertz CT molecular complexity index is 987. The lowest BCUT2D eigenvalue weighted by molar-refractivity contribution is 0.198. The number of aryl methyl sites for hydroxylation is 1. The number of aromatic nitrogens is 3. The zero-order chi connectivity index (χ0) is 20.4. The highest BCUT2D eigenvalue weighted by Gasteiger charge is 2.26. The molecule has 1 aliphatic heterocycles. The summed E-state index contributed by atoms with van der Waals surface area (Å²) < 4.78 is 19.4. The molecular weight excluding hydrogens is 405 g/mol. The number of benzene rings is 1. The third-order valence-electron chi connectivity index (χ3n) is 5.72. The molecule has 4 rings (SSSR count). The lowest BCUT2D eigenvalue weighted by Crippen LogP contribution is -2.47. The number of pyridine rings is 1. The zero-order valence-corrected chi connectivity index (χ0v) is 18.2. The Morgan fingerprint density at radius 3 is 2.57 bits per heavy atom. The van der Waals surface area contributed by atoms with Crippen molar-refractivity contribution in [3.8, 4) is 16.9 Å². The first-order chi connectivity index (χ1) is 14.1. The molecule has 0 amide bonds. The Labute approximate surface area is 182 Å². The van der Waals surface area contributed by atoms with E-state index in [0.717, 1.165) is 48.8 Å². The molecule has 1 aromatic carbocycles. The van der Waals surface area contributed by atoms with Crippen molar-refractivity contribution in [3.05, 3.63) is 59.8 Å². The van der Waals surface area contributed by atoms with Crippen LogP contribution < -0.4 is 9.64 Å². The predicted octanol–water partition coefficient (Wildman–Crippen LogP) is 4.23. The van der Waals surface area contributed by atoms with Crippen LogP contribution in [0.2, 0.25) is 0 Å². The second kappa shape index (κ2) is 9.45. The van der Waals surface area contributed by atoms with E-state index in [4.69, 9.17) is 4.74 Å². The van der Waals surface area contributed by atoms with E-state index in [1.54, 1.807) is 19.4 Å². The maximum atomic E-state index is 13.9. The van der Waals surface area contributed by atoms with Crippen molar-refractivity contribution in [2.45, 2.75) is 19.9 Å². The quantitative estimate of drug-likeness (QED) is 0.655. The number of halogens is 2. The highest BCUT2D eigenvalue weighted by molar-refractivity contribution is 5.85. The molecule has 6 nitrogen and oxygen atoms in total. The second-order valence-electron chi connectivity index (χ2n) is 7.37. The van der Waals surface area contributed by atoms with E-state index in [9.17, 15) is 4.39 Å². The molecule has 160 valence electrons. The summed E-state index contributed by atoms with van der Waals surface area (Å²) >= 11 is 0. The lowest BCUT2D eigenvalue weighted by Gasteiger charge is -2.39. The minimum atomic E-state index is -0.287. The van der Waals surface area contributed by atoms with Gasteiger partial charge in [0, 0.05) is 60.8 Å². The molecule has 1 unspecified atom stereocenters. The summed E-state index contributed by atoms with van der Waals surface area (Å²) in [4.78, 5) is 9.36. The van der Waals surface area contributed by atoms with Gasteiger partial charge < -0.3 is 9.64 Å². The van der Waals surface area contributed by atoms with Gasteiger partial charge in [-0.1, -0.05) is 0 Å². The number of aromatic amines is 1. The molecule has 30 heavy (non-hydrogen) atoms. The number of rotatable bonds is 5. The predicted molar refractivity (Wildman–Crippen MR) is 119 cm³/mol. The first-order valence-corrected chi connectivity index (χ1v) is 9.86. The van der Waals surface area contributed by atoms with Crippen LogP contribution in [0.1, 0.15) is 24.2 Å². The fraction of sp³-hybridized carbons (Fsp3) is 0.364. The molecule has 0 bridgehead atoms. The van der Waals surface area contributed by atoms with Gasteiger partial charge in [0.2, 0.25) is 0 Å². The van der Waals surface area contributed by atoms with Gasteiger partial charge in [-0.15, -0.1) is 12.4 Å². The smallest absolute Gasteiger partial charge is 0.136 e. The van der Waals surface area contributed by atoms with Crippen LogP contribution in [0.5, 0.6) is 5.75 Å². The number of H-pyrrole nitrogens is 1. The molecular formula is C22H27ClFN5O. The fourth-order valence-electron chi connectivity index (χ4n) is 4.05. The molecule has 0 aliphatic carbocycles. The molecule has 1 N–H and O–H groups in total. The van der Waals surface area contributed by atoms with Crippen LogP contribution >= 0.6 is 12.4 Å². The molecule has 1 fully saturated rings. The van der Waals surface area contributed by atoms with Gasteiger partial charge in [-0.25, -0.2) is 9.37 Å². The van der Waals surface area contributed by atoms with Gasteiger partial charge in [0.1, 0.15) is 17.4 Å². The molecule has 2 aromatic heterocycles. The second-order valence-corrected chi connectivity index (χ2v) is 7.37. The van der Waals surface area contributed by atoms with Crippen molar-refractivity contribution in [2.75, 3.05) is 38.2 Å². The molecule has 0 radical (unpaired) electrons.